The monoisotopic (exact) mass is 278 g/mol. The number of aliphatic hydroxyl groups excluding tert-OH is 1. The summed E-state index contributed by atoms with van der Waals surface area (Å²) in [6.07, 6.45) is 0.215. The van der Waals surface area contributed by atoms with Gasteiger partial charge in [0.2, 0.25) is 0 Å². The Bertz CT molecular complexity index is 378. The van der Waals surface area contributed by atoms with E-state index in [4.69, 9.17) is 20.4 Å². The molecule has 2 aromatic carbocycles. The number of phenolic OH excluding ortho intramolecular Hbond substituents is 2. The maximum absolute atomic E-state index is 8.63. The van der Waals surface area contributed by atoms with Crippen molar-refractivity contribution in [1.29, 1.82) is 0 Å². The molecule has 0 atom stereocenters. The molecule has 0 spiro atoms. The molecule has 4 N–H and O–H groups in total. The second-order valence-corrected chi connectivity index (χ2v) is 3.94. The topological polar surface area (TPSA) is 80.9 Å². The first kappa shape index (κ1) is 18.0. The maximum Gasteiger partial charge on any atom is 0.151 e. The van der Waals surface area contributed by atoms with E-state index in [1.807, 2.05) is 19.1 Å². The molecule has 0 radical (unpaired) electrons. The lowest BCUT2D eigenvalue weighted by Crippen LogP contribution is -2.01. The van der Waals surface area contributed by atoms with Crippen molar-refractivity contribution in [3.63, 3.8) is 0 Å². The van der Waals surface area contributed by atoms with E-state index in [2.05, 4.69) is 0 Å². The average Bonchev–Trinajstić information content (AvgIpc) is 2.42. The Labute approximate surface area is 119 Å². The highest BCUT2D eigenvalue weighted by molar-refractivity contribution is 5.19. The van der Waals surface area contributed by atoms with Gasteiger partial charge >= 0.3 is 0 Å². The van der Waals surface area contributed by atoms with Gasteiger partial charge in [-0.25, -0.2) is 0 Å². The summed E-state index contributed by atoms with van der Waals surface area (Å²) in [5, 5.41) is 33.5. The number of hydrogen-bond acceptors (Lipinski definition) is 4. The fourth-order valence-electron chi connectivity index (χ4n) is 1.11. The molecule has 4 nitrogen and oxygen atoms in total. The van der Waals surface area contributed by atoms with E-state index >= 15 is 0 Å². The van der Waals surface area contributed by atoms with Crippen LogP contribution in [-0.4, -0.2) is 26.7 Å². The molecule has 0 bridgehead atoms. The summed E-state index contributed by atoms with van der Waals surface area (Å²) in [4.78, 5) is 0. The third kappa shape index (κ3) is 12.4. The van der Waals surface area contributed by atoms with E-state index in [-0.39, 0.29) is 0 Å². The molecule has 20 heavy (non-hydrogen) atoms. The molecule has 0 saturated heterocycles. The Morgan fingerprint density at radius 2 is 1.10 bits per heavy atom. The van der Waals surface area contributed by atoms with Crippen molar-refractivity contribution in [2.24, 2.45) is 0 Å². The summed E-state index contributed by atoms with van der Waals surface area (Å²) >= 11 is 0. The molecule has 0 aliphatic heterocycles. The van der Waals surface area contributed by atoms with Crippen LogP contribution >= 0.6 is 0 Å². The smallest absolute Gasteiger partial charge is 0.151 e. The Hall–Kier alpha value is -2.04. The first-order chi connectivity index (χ1) is 9.56. The van der Waals surface area contributed by atoms with E-state index in [1.165, 1.54) is 0 Å². The van der Waals surface area contributed by atoms with Gasteiger partial charge in [-0.2, -0.15) is 0 Å². The highest BCUT2D eigenvalue weighted by Gasteiger charge is 1.89. The zero-order valence-electron chi connectivity index (χ0n) is 11.6. The van der Waals surface area contributed by atoms with Crippen molar-refractivity contribution in [1.82, 2.24) is 0 Å². The largest absolute Gasteiger partial charge is 0.508 e. The van der Waals surface area contributed by atoms with Crippen molar-refractivity contribution in [2.75, 3.05) is 0 Å². The second kappa shape index (κ2) is 12.0. The van der Waals surface area contributed by atoms with Crippen LogP contribution in [0.4, 0.5) is 0 Å². The molecule has 0 amide bonds. The average molecular weight is 278 g/mol. The lowest BCUT2D eigenvalue weighted by molar-refractivity contribution is -0.0453. The fraction of sp³-hybridized carbons (Fsp3) is 0.250. The van der Waals surface area contributed by atoms with Crippen LogP contribution in [0.3, 0.4) is 0 Å². The molecule has 0 saturated carbocycles. The van der Waals surface area contributed by atoms with Crippen molar-refractivity contribution >= 4 is 0 Å². The van der Waals surface area contributed by atoms with Crippen LogP contribution in [0, 0.1) is 0 Å². The van der Waals surface area contributed by atoms with Gasteiger partial charge in [-0.05, 0) is 30.7 Å². The minimum atomic E-state index is -1.10. The minimum absolute atomic E-state index is 0.322. The number of aromatic hydroxyl groups is 2. The lowest BCUT2D eigenvalue weighted by Gasteiger charge is -1.94. The summed E-state index contributed by atoms with van der Waals surface area (Å²) in [7, 11) is 0. The number of aliphatic hydroxyl groups is 2. The van der Waals surface area contributed by atoms with E-state index < -0.39 is 6.29 Å². The van der Waals surface area contributed by atoms with Crippen LogP contribution in [0.15, 0.2) is 60.7 Å². The van der Waals surface area contributed by atoms with Crippen molar-refractivity contribution in [3.05, 3.63) is 60.7 Å². The van der Waals surface area contributed by atoms with Crippen LogP contribution < -0.4 is 0 Å². The summed E-state index contributed by atoms with van der Waals surface area (Å²) < 4.78 is 0. The molecule has 110 valence electrons. The molecule has 0 aliphatic carbocycles. The van der Waals surface area contributed by atoms with Gasteiger partial charge in [0.25, 0.3) is 0 Å². The zero-order chi connectivity index (χ0) is 15.2. The molecule has 2 aromatic rings. The number of phenols is 2. The first-order valence-electron chi connectivity index (χ1n) is 6.40. The van der Waals surface area contributed by atoms with E-state index in [0.717, 1.165) is 6.42 Å². The zero-order valence-corrected chi connectivity index (χ0v) is 11.6. The summed E-state index contributed by atoms with van der Waals surface area (Å²) in [5.41, 5.74) is 0. The van der Waals surface area contributed by atoms with Gasteiger partial charge in [0.05, 0.1) is 0 Å². The van der Waals surface area contributed by atoms with Gasteiger partial charge in [0.1, 0.15) is 11.5 Å². The predicted octanol–water partition coefficient (Wildman–Crippen LogP) is 2.88. The van der Waals surface area contributed by atoms with Crippen LogP contribution in [0.1, 0.15) is 19.8 Å². The SMILES string of the molecule is CCCC(O)O.Oc1ccccc1.Oc1ccccc1. The molecular weight excluding hydrogens is 256 g/mol. The molecule has 2 rings (SSSR count). The summed E-state index contributed by atoms with van der Waals surface area (Å²) in [5.74, 6) is 0.644. The fourth-order valence-corrected chi connectivity index (χ4v) is 1.11. The normalized spacial score (nSPS) is 9.00. The number of para-hydroxylation sites is 2. The Morgan fingerprint density at radius 1 is 0.750 bits per heavy atom. The molecule has 0 aromatic heterocycles. The number of benzene rings is 2. The Kier molecular flexibility index (Phi) is 10.8. The van der Waals surface area contributed by atoms with Gasteiger partial charge in [0, 0.05) is 0 Å². The van der Waals surface area contributed by atoms with Crippen LogP contribution in [0.5, 0.6) is 11.5 Å². The molecule has 0 aliphatic rings. The summed E-state index contributed by atoms with van der Waals surface area (Å²) in [6, 6.07) is 17.4. The van der Waals surface area contributed by atoms with Gasteiger partial charge in [0.15, 0.2) is 6.29 Å². The standard InChI is InChI=1S/2C6H6O.C4H10O2/c2*7-6-4-2-1-3-5-6;1-2-3-4(5)6/h2*1-5,7H;4-6H,2-3H2,1H3. The van der Waals surface area contributed by atoms with Gasteiger partial charge in [-0.1, -0.05) is 49.7 Å². The molecule has 4 heteroatoms. The lowest BCUT2D eigenvalue weighted by atomic mass is 10.3. The van der Waals surface area contributed by atoms with Crippen LogP contribution in [0.2, 0.25) is 0 Å². The molecule has 0 fully saturated rings. The number of rotatable bonds is 2. The first-order valence-corrected chi connectivity index (χ1v) is 6.40. The minimum Gasteiger partial charge on any atom is -0.508 e. The predicted molar refractivity (Wildman–Crippen MR) is 79.3 cm³/mol. The molecular formula is C16H22O4. The van der Waals surface area contributed by atoms with Crippen molar-refractivity contribution in [3.8, 4) is 11.5 Å². The molecule has 0 unspecified atom stereocenters. The maximum atomic E-state index is 8.63. The third-order valence-corrected chi connectivity index (χ3v) is 2.06. The Morgan fingerprint density at radius 3 is 1.20 bits per heavy atom. The number of hydrogen-bond donors (Lipinski definition) is 4. The Balaban J connectivity index is 0.000000272. The van der Waals surface area contributed by atoms with Crippen LogP contribution in [0.25, 0.3) is 0 Å². The van der Waals surface area contributed by atoms with E-state index in [9.17, 15) is 0 Å². The highest BCUT2D eigenvalue weighted by atomic mass is 16.5. The molecule has 0 heterocycles. The van der Waals surface area contributed by atoms with Crippen LogP contribution in [-0.2, 0) is 0 Å². The van der Waals surface area contributed by atoms with Crippen molar-refractivity contribution < 1.29 is 20.4 Å². The highest BCUT2D eigenvalue weighted by Crippen LogP contribution is 2.03. The van der Waals surface area contributed by atoms with Gasteiger partial charge in [-0.3, -0.25) is 0 Å². The summed E-state index contributed by atoms with van der Waals surface area (Å²) in [6.45, 7) is 1.90. The van der Waals surface area contributed by atoms with Gasteiger partial charge in [-0.15, -0.1) is 0 Å². The van der Waals surface area contributed by atoms with E-state index in [0.29, 0.717) is 17.9 Å². The quantitative estimate of drug-likeness (QED) is 0.637. The third-order valence-electron chi connectivity index (χ3n) is 2.06. The van der Waals surface area contributed by atoms with Crippen molar-refractivity contribution in [2.45, 2.75) is 26.1 Å². The second-order valence-electron chi connectivity index (χ2n) is 3.94. The van der Waals surface area contributed by atoms with E-state index in [1.54, 1.807) is 48.5 Å². The van der Waals surface area contributed by atoms with Gasteiger partial charge < -0.3 is 20.4 Å².